The van der Waals surface area contributed by atoms with E-state index < -0.39 is 16.6 Å². The molecule has 0 amide bonds. The monoisotopic (exact) mass is 819 g/mol. The van der Waals surface area contributed by atoms with E-state index in [2.05, 4.69) is 108 Å². The van der Waals surface area contributed by atoms with Crippen molar-refractivity contribution in [3.63, 3.8) is 0 Å². The van der Waals surface area contributed by atoms with Gasteiger partial charge < -0.3 is 13.6 Å². The molecule has 5 heteroatoms. The molecule has 0 aromatic heterocycles. The van der Waals surface area contributed by atoms with Gasteiger partial charge >= 0.3 is 0 Å². The Morgan fingerprint density at radius 2 is 0.877 bits per heavy atom. The zero-order valence-electron chi connectivity index (χ0n) is 39.9. The number of fused-ring (bicyclic) bond motifs is 10. The summed E-state index contributed by atoms with van der Waals surface area (Å²) >= 11 is 0. The lowest BCUT2D eigenvalue weighted by Crippen LogP contribution is -2.54. The lowest BCUT2D eigenvalue weighted by Gasteiger charge is -2.58. The van der Waals surface area contributed by atoms with Crippen LogP contribution in [0.4, 0.5) is 0 Å². The second kappa shape index (κ2) is 14.7. The molecule has 0 bridgehead atoms. The van der Waals surface area contributed by atoms with Gasteiger partial charge in [-0.3, -0.25) is 0 Å². The molecule has 0 aromatic carbocycles. The molecule has 0 saturated heterocycles. The summed E-state index contributed by atoms with van der Waals surface area (Å²) in [6, 6.07) is 0. The summed E-state index contributed by atoms with van der Waals surface area (Å²) < 4.78 is 21.3. The van der Waals surface area contributed by atoms with E-state index in [-0.39, 0.29) is 21.3 Å². The highest BCUT2D eigenvalue weighted by molar-refractivity contribution is 6.74. The van der Waals surface area contributed by atoms with Crippen molar-refractivity contribution in [1.29, 1.82) is 0 Å². The Kier molecular flexibility index (Phi) is 11.2. The van der Waals surface area contributed by atoms with Crippen molar-refractivity contribution in [3.8, 4) is 0 Å². The molecule has 0 aliphatic heterocycles. The van der Waals surface area contributed by atoms with Crippen molar-refractivity contribution in [3.05, 3.63) is 23.3 Å². The van der Waals surface area contributed by atoms with Crippen LogP contribution in [0.25, 0.3) is 0 Å². The molecular formula is C52H90O3Si2. The summed E-state index contributed by atoms with van der Waals surface area (Å²) in [5.74, 6) is 8.97. The summed E-state index contributed by atoms with van der Waals surface area (Å²) in [6.45, 7) is 36.3. The molecule has 8 aliphatic rings. The molecule has 8 aliphatic carbocycles. The maximum atomic E-state index is 7.20. The van der Waals surface area contributed by atoms with Crippen molar-refractivity contribution in [1.82, 2.24) is 0 Å². The second-order valence-corrected chi connectivity index (χ2v) is 35.8. The van der Waals surface area contributed by atoms with Crippen molar-refractivity contribution < 1.29 is 13.6 Å². The largest absolute Gasteiger partial charge is 0.412 e. The number of ether oxygens (including phenoxy) is 1. The molecule has 8 rings (SSSR count). The molecule has 14 atom stereocenters. The highest BCUT2D eigenvalue weighted by Gasteiger charge is 2.58. The van der Waals surface area contributed by atoms with Crippen molar-refractivity contribution in [2.45, 2.75) is 219 Å². The van der Waals surface area contributed by atoms with E-state index in [1.807, 2.05) is 0 Å². The Morgan fingerprint density at radius 3 is 1.25 bits per heavy atom. The van der Waals surface area contributed by atoms with Crippen LogP contribution < -0.4 is 0 Å². The van der Waals surface area contributed by atoms with E-state index in [1.54, 1.807) is 11.1 Å². The molecule has 0 radical (unpaired) electrons. The van der Waals surface area contributed by atoms with Crippen LogP contribution >= 0.6 is 0 Å². The Morgan fingerprint density at radius 1 is 0.509 bits per heavy atom. The topological polar surface area (TPSA) is 27.7 Å². The van der Waals surface area contributed by atoms with Crippen LogP contribution in [0.15, 0.2) is 23.3 Å². The first-order valence-corrected chi connectivity index (χ1v) is 30.6. The summed E-state index contributed by atoms with van der Waals surface area (Å²) in [5.41, 5.74) is 4.20. The Hall–Kier alpha value is -0.206. The number of hydrogen-bond donors (Lipinski definition) is 0. The fourth-order valence-electron chi connectivity index (χ4n) is 15.9. The van der Waals surface area contributed by atoms with Crippen molar-refractivity contribution >= 4 is 16.6 Å². The zero-order chi connectivity index (χ0) is 41.2. The van der Waals surface area contributed by atoms with E-state index in [0.717, 1.165) is 72.4 Å². The van der Waals surface area contributed by atoms with E-state index >= 15 is 0 Å². The highest BCUT2D eigenvalue weighted by atomic mass is 28.4. The van der Waals surface area contributed by atoms with Gasteiger partial charge in [0.2, 0.25) is 0 Å². The molecule has 0 heterocycles. The van der Waals surface area contributed by atoms with E-state index in [4.69, 9.17) is 13.6 Å². The molecule has 0 aromatic rings. The van der Waals surface area contributed by atoms with Crippen molar-refractivity contribution in [2.24, 2.45) is 70.0 Å². The Balaban J connectivity index is 0.834. The second-order valence-electron chi connectivity index (χ2n) is 26.3. The van der Waals surface area contributed by atoms with E-state index in [1.165, 1.54) is 103 Å². The quantitative estimate of drug-likeness (QED) is 0.180. The van der Waals surface area contributed by atoms with Gasteiger partial charge in [0.15, 0.2) is 16.6 Å². The molecule has 57 heavy (non-hydrogen) atoms. The smallest absolute Gasteiger partial charge is 0.192 e. The molecule has 3 nitrogen and oxygen atoms in total. The van der Waals surface area contributed by atoms with Gasteiger partial charge in [-0.15, -0.1) is 0 Å². The third-order valence-corrected chi connectivity index (χ3v) is 30.3. The fraction of sp³-hybridized carbons (Fsp3) is 0.923. The average molecular weight is 819 g/mol. The first kappa shape index (κ1) is 43.4. The normalized spacial score (nSPS) is 46.1. The van der Waals surface area contributed by atoms with Gasteiger partial charge in [0.05, 0.1) is 24.4 Å². The standard InChI is InChI=1S/C52H90O3Si2/c1-47(2,3)56(11,12)54-49(7)27-23-39-35(31-49)15-19-43-41(39)25-29-51(9)37(17-21-45(43)51)33-53-34-38-18-22-46-44-20-16-36-32-50(8,55-57(13,14)48(4,5)6)28-24-40(36)42(44)26-30-52(38,46)10/h17-18,35-36,39-46H,15-16,19-34H2,1-14H3/t35-,36-,39+,40+,41-,42-,43-,44-,45+,46+,49-,50-,51-,52-/m1/s1. The van der Waals surface area contributed by atoms with Crippen LogP contribution in [0, 0.1) is 70.0 Å². The Labute approximate surface area is 354 Å². The molecule has 0 unspecified atom stereocenters. The van der Waals surface area contributed by atoms with Crippen molar-refractivity contribution in [2.75, 3.05) is 13.2 Å². The highest BCUT2D eigenvalue weighted by Crippen LogP contribution is 2.66. The summed E-state index contributed by atoms with van der Waals surface area (Å²) in [5, 5.41) is 0.560. The van der Waals surface area contributed by atoms with Gasteiger partial charge in [0, 0.05) is 0 Å². The molecule has 6 saturated carbocycles. The van der Waals surface area contributed by atoms with E-state index in [0.29, 0.717) is 10.8 Å². The van der Waals surface area contributed by atoms with Gasteiger partial charge in [-0.1, -0.05) is 67.5 Å². The fourth-order valence-corrected chi connectivity index (χ4v) is 19.3. The predicted molar refractivity (Wildman–Crippen MR) is 245 cm³/mol. The molecule has 0 N–H and O–H groups in total. The first-order valence-electron chi connectivity index (χ1n) is 24.8. The van der Waals surface area contributed by atoms with E-state index in [9.17, 15) is 0 Å². The third kappa shape index (κ3) is 7.60. The molecule has 0 spiro atoms. The van der Waals surface area contributed by atoms with Crippen LogP contribution in [0.1, 0.15) is 172 Å². The minimum absolute atomic E-state index is 0.0861. The minimum atomic E-state index is -1.78. The van der Waals surface area contributed by atoms with Crippen LogP contribution in [0.3, 0.4) is 0 Å². The average Bonchev–Trinajstić information content (AvgIpc) is 3.62. The van der Waals surface area contributed by atoms with Crippen LogP contribution in [0.2, 0.25) is 36.3 Å². The number of rotatable bonds is 8. The van der Waals surface area contributed by atoms with Crippen LogP contribution in [-0.4, -0.2) is 41.1 Å². The first-order chi connectivity index (χ1) is 26.4. The number of hydrogen-bond acceptors (Lipinski definition) is 3. The summed E-state index contributed by atoms with van der Waals surface area (Å²) in [4.78, 5) is 0. The minimum Gasteiger partial charge on any atom is -0.412 e. The summed E-state index contributed by atoms with van der Waals surface area (Å²) in [6.07, 6.45) is 27.3. The van der Waals surface area contributed by atoms with Gasteiger partial charge in [-0.05, 0) is 234 Å². The SMILES string of the molecule is CC(C)(C)[Si](C)(C)O[C@]1(C)CC[C@H]2[C@H](CC[C@@H]3[C@@H]2CC[C@]2(C)C(COCC4=CC[C@H]5[C@@H]6CC[C@@H]7C[C@](C)(O[Si](C)(C)C(C)(C)C)CC[C@@H]7[C@H]6CC[C@]45C)=CC[C@@H]32)C1. The van der Waals surface area contributed by atoms with Gasteiger partial charge in [-0.25, -0.2) is 0 Å². The van der Waals surface area contributed by atoms with Gasteiger partial charge in [0.1, 0.15) is 0 Å². The summed E-state index contributed by atoms with van der Waals surface area (Å²) in [7, 11) is -3.55. The molecule has 6 fully saturated rings. The molecular weight excluding hydrogens is 729 g/mol. The lowest BCUT2D eigenvalue weighted by molar-refractivity contribution is -0.0886. The lowest BCUT2D eigenvalue weighted by atomic mass is 9.49. The maximum absolute atomic E-state index is 7.20. The third-order valence-electron chi connectivity index (χ3n) is 21.1. The number of allylic oxidation sites excluding steroid dienone is 2. The molecule has 324 valence electrons. The maximum Gasteiger partial charge on any atom is 0.192 e. The van der Waals surface area contributed by atoms with Gasteiger partial charge in [0.25, 0.3) is 0 Å². The van der Waals surface area contributed by atoms with Crippen LogP contribution in [0.5, 0.6) is 0 Å². The zero-order valence-corrected chi connectivity index (χ0v) is 41.9. The van der Waals surface area contributed by atoms with Gasteiger partial charge in [-0.2, -0.15) is 0 Å². The van der Waals surface area contributed by atoms with Crippen LogP contribution in [-0.2, 0) is 13.6 Å². The Bertz CT molecular complexity index is 1450. The predicted octanol–water partition coefficient (Wildman–Crippen LogP) is 14.9.